The molecule has 0 spiro atoms. The number of ether oxygens (including phenoxy) is 1. The van der Waals surface area contributed by atoms with Crippen LogP contribution in [0.4, 0.5) is 0 Å². The zero-order valence-corrected chi connectivity index (χ0v) is 6.64. The van der Waals surface area contributed by atoms with Crippen molar-refractivity contribution < 1.29 is 4.74 Å². The van der Waals surface area contributed by atoms with Gasteiger partial charge in [-0.05, 0) is 25.5 Å². The molecule has 2 nitrogen and oxygen atoms in total. The molecule has 1 rings (SSSR count). The fourth-order valence-electron chi connectivity index (χ4n) is 0.957. The van der Waals surface area contributed by atoms with E-state index in [0.717, 1.165) is 5.70 Å². The SMILES string of the molecule is COC1NC(C)=CC=C1C. The van der Waals surface area contributed by atoms with Crippen molar-refractivity contribution in [2.24, 2.45) is 0 Å². The molecule has 0 aromatic rings. The molecule has 1 atom stereocenters. The molecule has 0 bridgehead atoms. The van der Waals surface area contributed by atoms with Crippen molar-refractivity contribution in [3.05, 3.63) is 23.4 Å². The lowest BCUT2D eigenvalue weighted by atomic mass is 10.2. The summed E-state index contributed by atoms with van der Waals surface area (Å²) in [6.07, 6.45) is 4.19. The second kappa shape index (κ2) is 2.88. The number of methoxy groups -OCH3 is 1. The van der Waals surface area contributed by atoms with E-state index in [1.165, 1.54) is 5.57 Å². The molecule has 1 aliphatic heterocycles. The Morgan fingerprint density at radius 2 is 2.10 bits per heavy atom. The van der Waals surface area contributed by atoms with Gasteiger partial charge >= 0.3 is 0 Å². The second-order valence-corrected chi connectivity index (χ2v) is 2.52. The predicted octanol–water partition coefficient (Wildman–Crippen LogP) is 1.41. The van der Waals surface area contributed by atoms with Crippen LogP contribution in [-0.4, -0.2) is 13.3 Å². The van der Waals surface area contributed by atoms with Crippen LogP contribution in [0.2, 0.25) is 0 Å². The number of hydrogen-bond donors (Lipinski definition) is 1. The summed E-state index contributed by atoms with van der Waals surface area (Å²) in [4.78, 5) is 0. The van der Waals surface area contributed by atoms with Crippen LogP contribution < -0.4 is 5.32 Å². The van der Waals surface area contributed by atoms with Crippen molar-refractivity contribution in [1.29, 1.82) is 0 Å². The first kappa shape index (κ1) is 7.35. The molecule has 1 aliphatic rings. The number of nitrogens with one attached hydrogen (secondary N) is 1. The van der Waals surface area contributed by atoms with Crippen molar-refractivity contribution in [1.82, 2.24) is 5.32 Å². The summed E-state index contributed by atoms with van der Waals surface area (Å²) in [5.74, 6) is 0. The van der Waals surface area contributed by atoms with Crippen LogP contribution in [0.1, 0.15) is 13.8 Å². The first-order valence-corrected chi connectivity index (χ1v) is 3.38. The molecule has 2 heteroatoms. The Morgan fingerprint density at radius 1 is 1.40 bits per heavy atom. The van der Waals surface area contributed by atoms with Gasteiger partial charge in [-0.1, -0.05) is 6.08 Å². The van der Waals surface area contributed by atoms with E-state index >= 15 is 0 Å². The van der Waals surface area contributed by atoms with Crippen LogP contribution in [-0.2, 0) is 4.74 Å². The Kier molecular flexibility index (Phi) is 2.12. The third-order valence-electron chi connectivity index (χ3n) is 1.60. The molecule has 10 heavy (non-hydrogen) atoms. The van der Waals surface area contributed by atoms with E-state index in [2.05, 4.69) is 11.4 Å². The maximum absolute atomic E-state index is 5.15. The molecule has 56 valence electrons. The van der Waals surface area contributed by atoms with E-state index in [1.54, 1.807) is 7.11 Å². The van der Waals surface area contributed by atoms with Gasteiger partial charge in [0, 0.05) is 12.8 Å². The zero-order valence-electron chi connectivity index (χ0n) is 6.64. The Bertz CT molecular complexity index is 182. The lowest BCUT2D eigenvalue weighted by molar-refractivity contribution is 0.110. The zero-order chi connectivity index (χ0) is 7.56. The molecular weight excluding hydrogens is 126 g/mol. The van der Waals surface area contributed by atoms with Gasteiger partial charge < -0.3 is 10.1 Å². The average Bonchev–Trinajstić information content (AvgIpc) is 1.94. The Balaban J connectivity index is 2.68. The summed E-state index contributed by atoms with van der Waals surface area (Å²) >= 11 is 0. The highest BCUT2D eigenvalue weighted by Gasteiger charge is 2.10. The maximum Gasteiger partial charge on any atom is 0.149 e. The molecule has 0 radical (unpaired) electrons. The highest BCUT2D eigenvalue weighted by atomic mass is 16.5. The molecule has 0 aromatic carbocycles. The minimum atomic E-state index is 0.0741. The van der Waals surface area contributed by atoms with E-state index in [9.17, 15) is 0 Å². The van der Waals surface area contributed by atoms with E-state index in [4.69, 9.17) is 4.74 Å². The van der Waals surface area contributed by atoms with E-state index in [1.807, 2.05) is 19.9 Å². The van der Waals surface area contributed by atoms with Crippen molar-refractivity contribution in [2.45, 2.75) is 20.1 Å². The van der Waals surface area contributed by atoms with E-state index in [-0.39, 0.29) is 6.23 Å². The lowest BCUT2D eigenvalue weighted by Gasteiger charge is -2.22. The van der Waals surface area contributed by atoms with Crippen molar-refractivity contribution in [3.8, 4) is 0 Å². The summed E-state index contributed by atoms with van der Waals surface area (Å²) < 4.78 is 5.15. The minimum Gasteiger partial charge on any atom is -0.360 e. The van der Waals surface area contributed by atoms with E-state index < -0.39 is 0 Å². The van der Waals surface area contributed by atoms with Gasteiger partial charge in [-0.15, -0.1) is 0 Å². The summed E-state index contributed by atoms with van der Waals surface area (Å²) in [5, 5.41) is 3.19. The Morgan fingerprint density at radius 3 is 2.60 bits per heavy atom. The normalized spacial score (nSPS) is 24.9. The molecular formula is C8H13NO. The third kappa shape index (κ3) is 1.39. The molecule has 1 unspecified atom stereocenters. The van der Waals surface area contributed by atoms with Gasteiger partial charge in [0.2, 0.25) is 0 Å². The van der Waals surface area contributed by atoms with Crippen LogP contribution in [0.5, 0.6) is 0 Å². The standard InChI is InChI=1S/C8H13NO/c1-6-4-5-7(2)9-8(6)10-3/h4-5,8-9H,1-3H3. The monoisotopic (exact) mass is 139 g/mol. The molecule has 0 aromatic heterocycles. The molecule has 1 heterocycles. The molecule has 0 fully saturated rings. The van der Waals surface area contributed by atoms with Crippen LogP contribution >= 0.6 is 0 Å². The van der Waals surface area contributed by atoms with Crippen LogP contribution in [0.3, 0.4) is 0 Å². The van der Waals surface area contributed by atoms with Gasteiger partial charge in [-0.3, -0.25) is 0 Å². The maximum atomic E-state index is 5.15. The Labute approximate surface area is 61.6 Å². The quantitative estimate of drug-likeness (QED) is 0.593. The van der Waals surface area contributed by atoms with Gasteiger partial charge in [0.25, 0.3) is 0 Å². The van der Waals surface area contributed by atoms with Crippen LogP contribution in [0, 0.1) is 0 Å². The van der Waals surface area contributed by atoms with Crippen LogP contribution in [0.25, 0.3) is 0 Å². The molecule has 0 saturated carbocycles. The van der Waals surface area contributed by atoms with Crippen molar-refractivity contribution in [2.75, 3.05) is 7.11 Å². The summed E-state index contributed by atoms with van der Waals surface area (Å²) in [5.41, 5.74) is 2.37. The number of rotatable bonds is 1. The smallest absolute Gasteiger partial charge is 0.149 e. The van der Waals surface area contributed by atoms with Gasteiger partial charge in [0.15, 0.2) is 0 Å². The lowest BCUT2D eigenvalue weighted by Crippen LogP contribution is -2.32. The third-order valence-corrected chi connectivity index (χ3v) is 1.60. The number of dihydropyridines is 1. The number of allylic oxidation sites excluding steroid dienone is 3. The highest BCUT2D eigenvalue weighted by molar-refractivity contribution is 5.23. The number of hydrogen-bond acceptors (Lipinski definition) is 2. The predicted molar refractivity (Wildman–Crippen MR) is 41.4 cm³/mol. The molecule has 1 N–H and O–H groups in total. The van der Waals surface area contributed by atoms with Gasteiger partial charge in [0.1, 0.15) is 6.23 Å². The summed E-state index contributed by atoms with van der Waals surface area (Å²) in [6, 6.07) is 0. The van der Waals surface area contributed by atoms with Gasteiger partial charge in [0.05, 0.1) is 0 Å². The van der Waals surface area contributed by atoms with E-state index in [0.29, 0.717) is 0 Å². The largest absolute Gasteiger partial charge is 0.360 e. The first-order valence-electron chi connectivity index (χ1n) is 3.38. The molecule has 0 amide bonds. The fourth-order valence-corrected chi connectivity index (χ4v) is 0.957. The van der Waals surface area contributed by atoms with Crippen LogP contribution in [0.15, 0.2) is 23.4 Å². The summed E-state index contributed by atoms with van der Waals surface area (Å²) in [7, 11) is 1.70. The molecule has 0 saturated heterocycles. The minimum absolute atomic E-state index is 0.0741. The highest BCUT2D eigenvalue weighted by Crippen LogP contribution is 2.09. The average molecular weight is 139 g/mol. The van der Waals surface area contributed by atoms with Gasteiger partial charge in [-0.2, -0.15) is 0 Å². The topological polar surface area (TPSA) is 21.3 Å². The van der Waals surface area contributed by atoms with Crippen molar-refractivity contribution in [3.63, 3.8) is 0 Å². The molecule has 0 aliphatic carbocycles. The first-order chi connectivity index (χ1) is 4.74. The Hall–Kier alpha value is -0.760. The summed E-state index contributed by atoms with van der Waals surface area (Å²) in [6.45, 7) is 4.07. The van der Waals surface area contributed by atoms with Crippen molar-refractivity contribution >= 4 is 0 Å². The second-order valence-electron chi connectivity index (χ2n) is 2.52. The fraction of sp³-hybridized carbons (Fsp3) is 0.500. The van der Waals surface area contributed by atoms with Gasteiger partial charge in [-0.25, -0.2) is 0 Å².